The lowest BCUT2D eigenvalue weighted by Gasteiger charge is -2.44. The normalized spacial score (nSPS) is 31.2. The predicted molar refractivity (Wildman–Crippen MR) is 103 cm³/mol. The first-order chi connectivity index (χ1) is 12.5. The van der Waals surface area contributed by atoms with Gasteiger partial charge in [0, 0.05) is 0 Å². The fraction of sp³-hybridized carbons (Fsp3) is 0.435. The summed E-state index contributed by atoms with van der Waals surface area (Å²) in [6, 6.07) is 12.7. The van der Waals surface area contributed by atoms with E-state index in [4.69, 9.17) is 0 Å². The maximum absolute atomic E-state index is 11.8. The van der Waals surface area contributed by atoms with Crippen LogP contribution in [0.25, 0.3) is 0 Å². The van der Waals surface area contributed by atoms with Gasteiger partial charge < -0.3 is 10.4 Å². The molecular weight excluding hydrogens is 322 g/mol. The van der Waals surface area contributed by atoms with Crippen molar-refractivity contribution in [2.75, 3.05) is 5.32 Å². The molecule has 2 aromatic rings. The summed E-state index contributed by atoms with van der Waals surface area (Å²) in [5.41, 5.74) is 6.43. The first-order valence-electron chi connectivity index (χ1n) is 9.74. The van der Waals surface area contributed by atoms with E-state index in [2.05, 4.69) is 43.4 Å². The monoisotopic (exact) mass is 347 g/mol. The Bertz CT molecular complexity index is 903. The molecule has 134 valence electrons. The lowest BCUT2D eigenvalue weighted by molar-refractivity contribution is 0.0697. The molecule has 0 saturated heterocycles. The molecule has 0 radical (unpaired) electrons. The lowest BCUT2D eigenvalue weighted by atomic mass is 9.67. The number of carboxylic acid groups (broad SMARTS) is 1. The largest absolute Gasteiger partial charge is 0.478 e. The molecule has 26 heavy (non-hydrogen) atoms. The number of aromatic carboxylic acids is 1. The van der Waals surface area contributed by atoms with E-state index >= 15 is 0 Å². The Kier molecular flexibility index (Phi) is 3.43. The second-order valence-electron chi connectivity index (χ2n) is 8.49. The molecule has 5 atom stereocenters. The van der Waals surface area contributed by atoms with Crippen molar-refractivity contribution in [1.29, 1.82) is 0 Å². The fourth-order valence-electron chi connectivity index (χ4n) is 6.10. The first-order valence-corrected chi connectivity index (χ1v) is 9.74. The summed E-state index contributed by atoms with van der Waals surface area (Å²) in [6.07, 6.45) is 3.92. The van der Waals surface area contributed by atoms with Crippen molar-refractivity contribution in [2.24, 2.45) is 17.8 Å². The number of hydrogen-bond donors (Lipinski definition) is 2. The van der Waals surface area contributed by atoms with Gasteiger partial charge in [0.2, 0.25) is 0 Å². The molecule has 3 heteroatoms. The van der Waals surface area contributed by atoms with Crippen LogP contribution in [0.3, 0.4) is 0 Å². The topological polar surface area (TPSA) is 49.3 Å². The van der Waals surface area contributed by atoms with Gasteiger partial charge in [-0.25, -0.2) is 4.79 Å². The maximum atomic E-state index is 11.8. The summed E-state index contributed by atoms with van der Waals surface area (Å²) < 4.78 is 0. The Labute approximate surface area is 154 Å². The predicted octanol–water partition coefficient (Wildman–Crippen LogP) is 5.30. The van der Waals surface area contributed by atoms with Gasteiger partial charge in [0.15, 0.2) is 0 Å². The van der Waals surface area contributed by atoms with Gasteiger partial charge in [0.25, 0.3) is 0 Å². The van der Waals surface area contributed by atoms with E-state index in [1.165, 1.54) is 41.5 Å². The van der Waals surface area contributed by atoms with E-state index in [-0.39, 0.29) is 6.04 Å². The Morgan fingerprint density at radius 2 is 1.88 bits per heavy atom. The molecular formula is C23H25NO2. The number of rotatable bonds is 2. The van der Waals surface area contributed by atoms with Crippen LogP contribution in [0.4, 0.5) is 5.69 Å². The van der Waals surface area contributed by atoms with Crippen LogP contribution in [-0.4, -0.2) is 11.1 Å². The summed E-state index contributed by atoms with van der Waals surface area (Å²) in [4.78, 5) is 11.8. The molecule has 1 aliphatic heterocycles. The van der Waals surface area contributed by atoms with Gasteiger partial charge in [-0.2, -0.15) is 0 Å². The van der Waals surface area contributed by atoms with Crippen molar-refractivity contribution in [3.05, 3.63) is 64.2 Å². The zero-order valence-corrected chi connectivity index (χ0v) is 15.3. The van der Waals surface area contributed by atoms with Crippen LogP contribution in [0.5, 0.6) is 0 Å². The van der Waals surface area contributed by atoms with Crippen molar-refractivity contribution in [3.8, 4) is 0 Å². The minimum absolute atomic E-state index is 0.211. The average Bonchev–Trinajstić information content (AvgIpc) is 3.25. The quantitative estimate of drug-likeness (QED) is 0.775. The molecule has 2 aromatic carbocycles. The SMILES string of the molecule is Cc1ccc(C)c([C@H]2Nc3c(C(=O)O)cccc3[C@H]3[C@H]4CC[C@H](C4)[C@@H]32)c1. The van der Waals surface area contributed by atoms with E-state index < -0.39 is 5.97 Å². The zero-order valence-electron chi connectivity index (χ0n) is 15.3. The van der Waals surface area contributed by atoms with Crippen LogP contribution in [0, 0.1) is 31.6 Å². The molecule has 2 fully saturated rings. The molecule has 3 aliphatic rings. The second kappa shape index (κ2) is 5.60. The van der Waals surface area contributed by atoms with Crippen LogP contribution >= 0.6 is 0 Å². The highest BCUT2D eigenvalue weighted by Crippen LogP contribution is 2.64. The van der Waals surface area contributed by atoms with Crippen molar-refractivity contribution in [2.45, 2.75) is 45.1 Å². The number of aryl methyl sites for hydroxylation is 2. The van der Waals surface area contributed by atoms with E-state index in [0.29, 0.717) is 23.3 Å². The maximum Gasteiger partial charge on any atom is 0.337 e. The number of benzene rings is 2. The third-order valence-corrected chi connectivity index (χ3v) is 7.12. The smallest absolute Gasteiger partial charge is 0.337 e. The van der Waals surface area contributed by atoms with E-state index in [0.717, 1.165) is 11.6 Å². The number of fused-ring (bicyclic) bond motifs is 7. The highest BCUT2D eigenvalue weighted by atomic mass is 16.4. The third-order valence-electron chi connectivity index (χ3n) is 7.12. The van der Waals surface area contributed by atoms with Crippen LogP contribution in [0.15, 0.2) is 36.4 Å². The van der Waals surface area contributed by atoms with Gasteiger partial charge in [-0.1, -0.05) is 35.9 Å². The summed E-state index contributed by atoms with van der Waals surface area (Å²) in [7, 11) is 0. The van der Waals surface area contributed by atoms with Gasteiger partial charge in [-0.3, -0.25) is 0 Å². The molecule has 1 heterocycles. The van der Waals surface area contributed by atoms with Crippen molar-refractivity contribution >= 4 is 11.7 Å². The molecule has 2 aliphatic carbocycles. The van der Waals surface area contributed by atoms with Gasteiger partial charge >= 0.3 is 5.97 Å². The number of anilines is 1. The minimum atomic E-state index is -0.837. The zero-order chi connectivity index (χ0) is 18.0. The molecule has 3 nitrogen and oxygen atoms in total. The van der Waals surface area contributed by atoms with Crippen molar-refractivity contribution in [1.82, 2.24) is 0 Å². The molecule has 2 bridgehead atoms. The Hall–Kier alpha value is -2.29. The molecule has 2 N–H and O–H groups in total. The van der Waals surface area contributed by atoms with Gasteiger partial charge in [-0.15, -0.1) is 0 Å². The van der Waals surface area contributed by atoms with E-state index in [1.54, 1.807) is 6.07 Å². The third kappa shape index (κ3) is 2.16. The molecule has 0 aromatic heterocycles. The van der Waals surface area contributed by atoms with E-state index in [1.807, 2.05) is 6.07 Å². The highest BCUT2D eigenvalue weighted by Gasteiger charge is 2.54. The number of carboxylic acids is 1. The minimum Gasteiger partial charge on any atom is -0.478 e. The fourth-order valence-corrected chi connectivity index (χ4v) is 6.10. The summed E-state index contributed by atoms with van der Waals surface area (Å²) in [6.45, 7) is 4.32. The number of hydrogen-bond acceptors (Lipinski definition) is 2. The second-order valence-corrected chi connectivity index (χ2v) is 8.49. The lowest BCUT2D eigenvalue weighted by Crippen LogP contribution is -2.36. The number of para-hydroxylation sites is 1. The van der Waals surface area contributed by atoms with Crippen LogP contribution in [0.1, 0.15) is 63.8 Å². The van der Waals surface area contributed by atoms with Crippen molar-refractivity contribution in [3.63, 3.8) is 0 Å². The summed E-state index contributed by atoms with van der Waals surface area (Å²) >= 11 is 0. The van der Waals surface area contributed by atoms with Crippen LogP contribution < -0.4 is 5.32 Å². The number of nitrogens with one attached hydrogen (secondary N) is 1. The van der Waals surface area contributed by atoms with Gasteiger partial charge in [0.05, 0.1) is 17.3 Å². The summed E-state index contributed by atoms with van der Waals surface area (Å²) in [5.74, 6) is 1.70. The first kappa shape index (κ1) is 15.9. The highest BCUT2D eigenvalue weighted by molar-refractivity contribution is 5.95. The molecule has 0 amide bonds. The molecule has 0 unspecified atom stereocenters. The molecule has 2 saturated carbocycles. The Balaban J connectivity index is 1.70. The average molecular weight is 347 g/mol. The van der Waals surface area contributed by atoms with Crippen molar-refractivity contribution < 1.29 is 9.90 Å². The molecule has 0 spiro atoms. The standard InChI is InChI=1S/C23H25NO2/c1-12-6-7-13(2)18(10-12)22-20-15-9-8-14(11-15)19(20)16-4-3-5-17(23(25)26)21(16)24-22/h3-7,10,14-15,19-20,22,24H,8-9,11H2,1-2H3,(H,25,26)/t14-,15+,19+,20-,22+/m0/s1. The number of carbonyl (C=O) groups is 1. The van der Waals surface area contributed by atoms with Crippen LogP contribution in [-0.2, 0) is 0 Å². The van der Waals surface area contributed by atoms with Gasteiger partial charge in [-0.05, 0) is 79.5 Å². The van der Waals surface area contributed by atoms with Crippen LogP contribution in [0.2, 0.25) is 0 Å². The summed E-state index contributed by atoms with van der Waals surface area (Å²) in [5, 5.41) is 13.4. The van der Waals surface area contributed by atoms with E-state index in [9.17, 15) is 9.90 Å². The Morgan fingerprint density at radius 3 is 2.69 bits per heavy atom. The Morgan fingerprint density at radius 1 is 1.08 bits per heavy atom. The molecule has 5 rings (SSSR count). The van der Waals surface area contributed by atoms with Gasteiger partial charge in [0.1, 0.15) is 0 Å².